The van der Waals surface area contributed by atoms with Gasteiger partial charge in [0.2, 0.25) is 0 Å². The van der Waals surface area contributed by atoms with Gasteiger partial charge in [-0.1, -0.05) is 60.4 Å². The Bertz CT molecular complexity index is 736. The lowest BCUT2D eigenvalue weighted by molar-refractivity contribution is -0.115. The van der Waals surface area contributed by atoms with E-state index >= 15 is 0 Å². The van der Waals surface area contributed by atoms with Crippen LogP contribution in [0.4, 0.5) is 4.39 Å². The third-order valence-corrected chi connectivity index (χ3v) is 4.19. The van der Waals surface area contributed by atoms with Gasteiger partial charge in [0.15, 0.2) is 0 Å². The second-order valence-corrected chi connectivity index (χ2v) is 6.20. The molecule has 0 radical (unpaired) electrons. The third-order valence-electron chi connectivity index (χ3n) is 3.03. The largest absolute Gasteiger partial charge is 0.307 e. The van der Waals surface area contributed by atoms with Gasteiger partial charge in [-0.05, 0) is 34.9 Å². The summed E-state index contributed by atoms with van der Waals surface area (Å²) in [6, 6.07) is 14.1. The van der Waals surface area contributed by atoms with Crippen molar-refractivity contribution in [3.05, 3.63) is 64.8 Å². The molecule has 1 fully saturated rings. The Hall–Kier alpha value is -1.98. The maximum Gasteiger partial charge on any atom is 0.263 e. The van der Waals surface area contributed by atoms with Crippen molar-refractivity contribution in [3.8, 4) is 11.1 Å². The van der Waals surface area contributed by atoms with Crippen LogP contribution >= 0.6 is 24.0 Å². The van der Waals surface area contributed by atoms with E-state index in [-0.39, 0.29) is 11.7 Å². The molecular weight excluding hydrogens is 305 g/mol. The first-order valence-electron chi connectivity index (χ1n) is 6.23. The van der Waals surface area contributed by atoms with Gasteiger partial charge in [0.1, 0.15) is 10.1 Å². The predicted octanol–water partition coefficient (Wildman–Crippen LogP) is 3.98. The molecule has 1 saturated heterocycles. The summed E-state index contributed by atoms with van der Waals surface area (Å²) in [4.78, 5) is 12.2. The molecule has 1 heterocycles. The Morgan fingerprint density at radius 1 is 1.00 bits per heavy atom. The molecule has 2 aromatic carbocycles. The number of rotatable bonds is 2. The lowest BCUT2D eigenvalue weighted by atomic mass is 10.0. The first-order valence-corrected chi connectivity index (χ1v) is 7.45. The second kappa shape index (κ2) is 5.79. The predicted molar refractivity (Wildman–Crippen MR) is 88.1 cm³/mol. The highest BCUT2D eigenvalue weighted by molar-refractivity contribution is 8.26. The van der Waals surface area contributed by atoms with Crippen molar-refractivity contribution in [3.63, 3.8) is 0 Å². The lowest BCUT2D eigenvalue weighted by Crippen LogP contribution is -2.17. The molecule has 0 spiro atoms. The number of thiocarbonyl (C=S) groups is 1. The summed E-state index contributed by atoms with van der Waals surface area (Å²) in [6.45, 7) is 0. The first-order chi connectivity index (χ1) is 10.1. The number of nitrogens with one attached hydrogen (secondary N) is 1. The van der Waals surface area contributed by atoms with E-state index in [4.69, 9.17) is 12.2 Å². The standard InChI is InChI=1S/C16H10FNOS2/c17-13-7-5-12(6-8-13)11-3-1-10(2-4-11)9-14-15(19)18-16(20)21-14/h1-9H,(H,18,19,20)/b14-9+. The topological polar surface area (TPSA) is 29.1 Å². The Labute approximate surface area is 131 Å². The fourth-order valence-electron chi connectivity index (χ4n) is 1.99. The number of hydrogen-bond acceptors (Lipinski definition) is 3. The number of carbonyl (C=O) groups is 1. The van der Waals surface area contributed by atoms with Crippen LogP contribution in [0.1, 0.15) is 5.56 Å². The van der Waals surface area contributed by atoms with Crippen molar-refractivity contribution < 1.29 is 9.18 Å². The molecule has 1 amide bonds. The number of benzene rings is 2. The quantitative estimate of drug-likeness (QED) is 0.671. The minimum Gasteiger partial charge on any atom is -0.307 e. The number of halogens is 1. The van der Waals surface area contributed by atoms with Crippen molar-refractivity contribution in [2.24, 2.45) is 0 Å². The summed E-state index contributed by atoms with van der Waals surface area (Å²) < 4.78 is 13.4. The summed E-state index contributed by atoms with van der Waals surface area (Å²) in [5.41, 5.74) is 2.86. The third kappa shape index (κ3) is 3.20. The molecule has 0 saturated carbocycles. The summed E-state index contributed by atoms with van der Waals surface area (Å²) >= 11 is 6.21. The second-order valence-electron chi connectivity index (χ2n) is 4.48. The number of carbonyl (C=O) groups excluding carboxylic acids is 1. The van der Waals surface area contributed by atoms with E-state index in [1.54, 1.807) is 18.2 Å². The molecule has 2 nitrogen and oxygen atoms in total. The van der Waals surface area contributed by atoms with Crippen LogP contribution in [0, 0.1) is 5.82 Å². The van der Waals surface area contributed by atoms with Crippen LogP contribution in [0.15, 0.2) is 53.4 Å². The fraction of sp³-hybridized carbons (Fsp3) is 0. The van der Waals surface area contributed by atoms with Gasteiger partial charge < -0.3 is 5.32 Å². The summed E-state index contributed by atoms with van der Waals surface area (Å²) in [5, 5.41) is 2.58. The van der Waals surface area contributed by atoms with E-state index in [1.165, 1.54) is 23.9 Å². The molecule has 1 N–H and O–H groups in total. The highest BCUT2D eigenvalue weighted by Gasteiger charge is 2.21. The summed E-state index contributed by atoms with van der Waals surface area (Å²) in [5.74, 6) is -0.409. The number of amides is 1. The van der Waals surface area contributed by atoms with E-state index < -0.39 is 0 Å². The molecule has 0 unspecified atom stereocenters. The van der Waals surface area contributed by atoms with Gasteiger partial charge >= 0.3 is 0 Å². The van der Waals surface area contributed by atoms with E-state index in [2.05, 4.69) is 5.32 Å². The van der Waals surface area contributed by atoms with Crippen molar-refractivity contribution in [1.82, 2.24) is 5.32 Å². The smallest absolute Gasteiger partial charge is 0.263 e. The van der Waals surface area contributed by atoms with Crippen LogP contribution < -0.4 is 5.32 Å². The molecular formula is C16H10FNOS2. The molecule has 0 bridgehead atoms. The molecule has 3 rings (SSSR count). The van der Waals surface area contributed by atoms with Gasteiger partial charge in [-0.15, -0.1) is 0 Å². The Morgan fingerprint density at radius 2 is 1.57 bits per heavy atom. The van der Waals surface area contributed by atoms with Crippen molar-refractivity contribution in [2.45, 2.75) is 0 Å². The maximum atomic E-state index is 12.9. The van der Waals surface area contributed by atoms with Gasteiger partial charge in [-0.2, -0.15) is 0 Å². The van der Waals surface area contributed by atoms with Crippen LogP contribution in [0.2, 0.25) is 0 Å². The summed E-state index contributed by atoms with van der Waals surface area (Å²) in [6.07, 6.45) is 1.80. The lowest BCUT2D eigenvalue weighted by Gasteiger charge is -2.02. The molecule has 0 aliphatic carbocycles. The van der Waals surface area contributed by atoms with Crippen molar-refractivity contribution in [2.75, 3.05) is 0 Å². The highest BCUT2D eigenvalue weighted by atomic mass is 32.2. The minimum atomic E-state index is -0.250. The Morgan fingerprint density at radius 3 is 2.10 bits per heavy atom. The van der Waals surface area contributed by atoms with E-state index in [9.17, 15) is 9.18 Å². The van der Waals surface area contributed by atoms with Crippen LogP contribution in [-0.2, 0) is 4.79 Å². The molecule has 2 aromatic rings. The normalized spacial score (nSPS) is 16.3. The van der Waals surface area contributed by atoms with E-state index in [0.717, 1.165) is 16.7 Å². The zero-order chi connectivity index (χ0) is 14.8. The van der Waals surface area contributed by atoms with Gasteiger partial charge in [-0.3, -0.25) is 4.79 Å². The minimum absolute atomic E-state index is 0.160. The van der Waals surface area contributed by atoms with Gasteiger partial charge in [0.25, 0.3) is 5.91 Å². The maximum absolute atomic E-state index is 12.9. The molecule has 5 heteroatoms. The number of thioether (sulfide) groups is 1. The van der Waals surface area contributed by atoms with Crippen molar-refractivity contribution >= 4 is 40.3 Å². The fourth-order valence-corrected chi connectivity index (χ4v) is 3.03. The van der Waals surface area contributed by atoms with Gasteiger partial charge in [0.05, 0.1) is 4.91 Å². The van der Waals surface area contributed by atoms with Crippen LogP contribution in [0.25, 0.3) is 17.2 Å². The molecule has 0 atom stereocenters. The van der Waals surface area contributed by atoms with Gasteiger partial charge in [-0.25, -0.2) is 4.39 Å². The first kappa shape index (κ1) is 14.0. The Balaban J connectivity index is 1.84. The number of hydrogen-bond donors (Lipinski definition) is 1. The van der Waals surface area contributed by atoms with Crippen LogP contribution in [0.3, 0.4) is 0 Å². The zero-order valence-corrected chi connectivity index (χ0v) is 12.4. The average molecular weight is 315 g/mol. The average Bonchev–Trinajstić information content (AvgIpc) is 2.79. The monoisotopic (exact) mass is 315 g/mol. The molecule has 1 aliphatic heterocycles. The van der Waals surface area contributed by atoms with Gasteiger partial charge in [0, 0.05) is 0 Å². The summed E-state index contributed by atoms with van der Waals surface area (Å²) in [7, 11) is 0. The SMILES string of the molecule is O=C1NC(=S)S/C1=C/c1ccc(-c2ccc(F)cc2)cc1. The van der Waals surface area contributed by atoms with Crippen LogP contribution in [0.5, 0.6) is 0 Å². The van der Waals surface area contributed by atoms with E-state index in [1.807, 2.05) is 24.3 Å². The highest BCUT2D eigenvalue weighted by Crippen LogP contribution is 2.27. The zero-order valence-electron chi connectivity index (χ0n) is 10.8. The molecule has 0 aromatic heterocycles. The Kier molecular flexibility index (Phi) is 3.86. The molecule has 1 aliphatic rings. The van der Waals surface area contributed by atoms with Crippen molar-refractivity contribution in [1.29, 1.82) is 0 Å². The van der Waals surface area contributed by atoms with Crippen LogP contribution in [-0.4, -0.2) is 10.2 Å². The molecule has 104 valence electrons. The molecule has 21 heavy (non-hydrogen) atoms. The van der Waals surface area contributed by atoms with E-state index in [0.29, 0.717) is 9.23 Å².